The lowest BCUT2D eigenvalue weighted by molar-refractivity contribution is -0.133. The van der Waals surface area contributed by atoms with Crippen LogP contribution in [-0.4, -0.2) is 31.6 Å². The van der Waals surface area contributed by atoms with Crippen LogP contribution in [0.15, 0.2) is 29.6 Å². The molecule has 1 atom stereocenters. The quantitative estimate of drug-likeness (QED) is 0.826. The van der Waals surface area contributed by atoms with E-state index in [1.807, 2.05) is 23.1 Å². The van der Waals surface area contributed by atoms with Gasteiger partial charge in [0.1, 0.15) is 0 Å². The number of fused-ring (bicyclic) bond motifs is 1. The molecule has 0 fully saturated rings. The summed E-state index contributed by atoms with van der Waals surface area (Å²) >= 11 is 1.80. The minimum Gasteiger partial charge on any atom is -0.493 e. The minimum absolute atomic E-state index is 0.172. The van der Waals surface area contributed by atoms with Crippen molar-refractivity contribution in [3.63, 3.8) is 0 Å². The van der Waals surface area contributed by atoms with Crippen molar-refractivity contribution in [2.45, 2.75) is 32.2 Å². The lowest BCUT2D eigenvalue weighted by atomic mass is 9.97. The van der Waals surface area contributed by atoms with Gasteiger partial charge in [0.25, 0.3) is 0 Å². The van der Waals surface area contributed by atoms with Crippen LogP contribution < -0.4 is 9.47 Å². The SMILES string of the molecule is CCC1c2ccsc2CCN1C(=O)Cc1ccc(OC)c(OC)c1. The fourth-order valence-electron chi connectivity index (χ4n) is 3.40. The Bertz CT molecular complexity index is 725. The van der Waals surface area contributed by atoms with Gasteiger partial charge in [-0.3, -0.25) is 4.79 Å². The molecular formula is C19H23NO3S. The van der Waals surface area contributed by atoms with Crippen LogP contribution in [0.5, 0.6) is 11.5 Å². The highest BCUT2D eigenvalue weighted by Crippen LogP contribution is 2.36. The monoisotopic (exact) mass is 345 g/mol. The first-order chi connectivity index (χ1) is 11.7. The summed E-state index contributed by atoms with van der Waals surface area (Å²) < 4.78 is 10.6. The van der Waals surface area contributed by atoms with Gasteiger partial charge >= 0.3 is 0 Å². The van der Waals surface area contributed by atoms with E-state index < -0.39 is 0 Å². The van der Waals surface area contributed by atoms with Crippen molar-refractivity contribution in [1.29, 1.82) is 0 Å². The van der Waals surface area contributed by atoms with Crippen molar-refractivity contribution in [1.82, 2.24) is 4.90 Å². The Morgan fingerprint density at radius 3 is 2.75 bits per heavy atom. The molecule has 4 nitrogen and oxygen atoms in total. The third-order valence-electron chi connectivity index (χ3n) is 4.61. The first-order valence-corrected chi connectivity index (χ1v) is 9.12. The molecule has 1 amide bonds. The Kier molecular flexibility index (Phi) is 5.09. The van der Waals surface area contributed by atoms with E-state index in [2.05, 4.69) is 18.4 Å². The lowest BCUT2D eigenvalue weighted by Crippen LogP contribution is -2.40. The molecule has 5 heteroatoms. The number of hydrogen-bond acceptors (Lipinski definition) is 4. The molecule has 1 aliphatic heterocycles. The summed E-state index contributed by atoms with van der Waals surface area (Å²) in [6.45, 7) is 2.95. The Labute approximate surface area is 147 Å². The molecule has 0 aliphatic carbocycles. The van der Waals surface area contributed by atoms with Crippen molar-refractivity contribution in [2.24, 2.45) is 0 Å². The zero-order valence-electron chi connectivity index (χ0n) is 14.4. The van der Waals surface area contributed by atoms with Crippen molar-refractivity contribution in [3.05, 3.63) is 45.6 Å². The summed E-state index contributed by atoms with van der Waals surface area (Å²) in [6.07, 6.45) is 2.29. The maximum absolute atomic E-state index is 12.9. The van der Waals surface area contributed by atoms with Gasteiger partial charge in [-0.05, 0) is 47.5 Å². The molecule has 0 N–H and O–H groups in total. The van der Waals surface area contributed by atoms with E-state index in [1.54, 1.807) is 25.6 Å². The van der Waals surface area contributed by atoms with Crippen LogP contribution in [0.25, 0.3) is 0 Å². The Morgan fingerprint density at radius 2 is 2.04 bits per heavy atom. The maximum Gasteiger partial charge on any atom is 0.227 e. The van der Waals surface area contributed by atoms with E-state index in [1.165, 1.54) is 10.4 Å². The van der Waals surface area contributed by atoms with Crippen molar-refractivity contribution < 1.29 is 14.3 Å². The molecule has 1 unspecified atom stereocenters. The Balaban J connectivity index is 1.78. The number of methoxy groups -OCH3 is 2. The topological polar surface area (TPSA) is 38.8 Å². The highest BCUT2D eigenvalue weighted by Gasteiger charge is 2.30. The van der Waals surface area contributed by atoms with Gasteiger partial charge in [-0.1, -0.05) is 13.0 Å². The van der Waals surface area contributed by atoms with Crippen molar-refractivity contribution in [3.8, 4) is 11.5 Å². The number of ether oxygens (including phenoxy) is 2. The average Bonchev–Trinajstić information content (AvgIpc) is 3.09. The van der Waals surface area contributed by atoms with Gasteiger partial charge in [-0.25, -0.2) is 0 Å². The molecule has 3 rings (SSSR count). The summed E-state index contributed by atoms with van der Waals surface area (Å²) in [5.74, 6) is 1.51. The number of rotatable bonds is 5. The van der Waals surface area contributed by atoms with Gasteiger partial charge in [0.05, 0.1) is 26.7 Å². The van der Waals surface area contributed by atoms with Gasteiger partial charge in [0, 0.05) is 11.4 Å². The highest BCUT2D eigenvalue weighted by atomic mass is 32.1. The molecule has 128 valence electrons. The molecule has 2 aromatic rings. The third kappa shape index (κ3) is 3.13. The van der Waals surface area contributed by atoms with E-state index in [4.69, 9.17) is 9.47 Å². The number of thiophene rings is 1. The summed E-state index contributed by atoms with van der Waals surface area (Å²) in [4.78, 5) is 16.3. The molecule has 1 aromatic carbocycles. The molecule has 0 saturated heterocycles. The molecule has 2 heterocycles. The predicted octanol–water partition coefficient (Wildman–Crippen LogP) is 3.84. The first-order valence-electron chi connectivity index (χ1n) is 8.24. The molecule has 0 radical (unpaired) electrons. The smallest absolute Gasteiger partial charge is 0.227 e. The maximum atomic E-state index is 12.9. The van der Waals surface area contributed by atoms with E-state index in [-0.39, 0.29) is 11.9 Å². The Morgan fingerprint density at radius 1 is 1.25 bits per heavy atom. The van der Waals surface area contributed by atoms with Gasteiger partial charge in [-0.2, -0.15) is 0 Å². The number of carbonyl (C=O) groups is 1. The van der Waals surface area contributed by atoms with E-state index in [0.29, 0.717) is 17.9 Å². The first kappa shape index (κ1) is 16.8. The highest BCUT2D eigenvalue weighted by molar-refractivity contribution is 7.10. The number of hydrogen-bond donors (Lipinski definition) is 0. The fraction of sp³-hybridized carbons (Fsp3) is 0.421. The van der Waals surface area contributed by atoms with E-state index in [9.17, 15) is 4.79 Å². The van der Waals surface area contributed by atoms with Crippen LogP contribution in [0.2, 0.25) is 0 Å². The normalized spacial score (nSPS) is 16.6. The van der Waals surface area contributed by atoms with Crippen LogP contribution in [0, 0.1) is 0 Å². The minimum atomic E-state index is 0.172. The van der Waals surface area contributed by atoms with Gasteiger partial charge in [0.15, 0.2) is 11.5 Å². The molecular weight excluding hydrogens is 322 g/mol. The summed E-state index contributed by atoms with van der Waals surface area (Å²) in [6, 6.07) is 8.04. The van der Waals surface area contributed by atoms with Crippen molar-refractivity contribution >= 4 is 17.2 Å². The summed E-state index contributed by atoms with van der Waals surface area (Å²) in [5, 5.41) is 2.13. The predicted molar refractivity (Wildman–Crippen MR) is 96.0 cm³/mol. The van der Waals surface area contributed by atoms with Crippen LogP contribution >= 0.6 is 11.3 Å². The standard InChI is InChI=1S/C19H23NO3S/c1-4-15-14-8-10-24-18(14)7-9-20(15)19(21)12-13-5-6-16(22-2)17(11-13)23-3/h5-6,8,10-11,15H,4,7,9,12H2,1-3H3. The van der Waals surface area contributed by atoms with Crippen LogP contribution in [0.1, 0.15) is 35.4 Å². The largest absolute Gasteiger partial charge is 0.493 e. The van der Waals surface area contributed by atoms with Crippen LogP contribution in [-0.2, 0) is 17.6 Å². The number of amides is 1. The van der Waals surface area contributed by atoms with E-state index in [0.717, 1.165) is 24.9 Å². The van der Waals surface area contributed by atoms with Gasteiger partial charge in [0.2, 0.25) is 5.91 Å². The number of carbonyl (C=O) groups excluding carboxylic acids is 1. The zero-order valence-corrected chi connectivity index (χ0v) is 15.2. The van der Waals surface area contributed by atoms with Gasteiger partial charge in [-0.15, -0.1) is 11.3 Å². The molecule has 1 aromatic heterocycles. The number of benzene rings is 1. The summed E-state index contributed by atoms with van der Waals surface area (Å²) in [7, 11) is 3.22. The third-order valence-corrected chi connectivity index (χ3v) is 5.60. The zero-order chi connectivity index (χ0) is 17.1. The van der Waals surface area contributed by atoms with Crippen molar-refractivity contribution in [2.75, 3.05) is 20.8 Å². The second-order valence-corrected chi connectivity index (χ2v) is 6.93. The second kappa shape index (κ2) is 7.26. The van der Waals surface area contributed by atoms with Gasteiger partial charge < -0.3 is 14.4 Å². The molecule has 1 aliphatic rings. The molecule has 0 saturated carbocycles. The second-order valence-electron chi connectivity index (χ2n) is 5.93. The Hall–Kier alpha value is -2.01. The lowest BCUT2D eigenvalue weighted by Gasteiger charge is -2.35. The molecule has 0 bridgehead atoms. The molecule has 0 spiro atoms. The number of nitrogens with zero attached hydrogens (tertiary/aromatic N) is 1. The van der Waals surface area contributed by atoms with Crippen LogP contribution in [0.4, 0.5) is 0 Å². The summed E-state index contributed by atoms with van der Waals surface area (Å²) in [5.41, 5.74) is 2.28. The average molecular weight is 345 g/mol. The van der Waals surface area contributed by atoms with E-state index >= 15 is 0 Å². The van der Waals surface area contributed by atoms with Crippen LogP contribution in [0.3, 0.4) is 0 Å². The fourth-order valence-corrected chi connectivity index (χ4v) is 4.33. The molecule has 24 heavy (non-hydrogen) atoms.